The number of benzene rings is 1. The summed E-state index contributed by atoms with van der Waals surface area (Å²) in [6.07, 6.45) is 4.24. The van der Waals surface area contributed by atoms with Crippen molar-refractivity contribution in [1.82, 2.24) is 0 Å². The Labute approximate surface area is 125 Å². The van der Waals surface area contributed by atoms with E-state index in [1.165, 1.54) is 0 Å². The molecule has 0 spiro atoms. The van der Waals surface area contributed by atoms with E-state index in [0.29, 0.717) is 21.5 Å². The standard InChI is InChI=1S/C16H20Cl2O/c1-10(2)11-3-5-12(6-4-11)16(19)14-9-13(17)7-8-15(14)18/h7-12H,3-6H2,1-2H3. The second-order valence-corrected chi connectivity index (χ2v) is 6.69. The van der Waals surface area contributed by atoms with Gasteiger partial charge in [0.05, 0.1) is 5.02 Å². The average Bonchev–Trinajstić information content (AvgIpc) is 2.41. The molecule has 0 aromatic heterocycles. The fraction of sp³-hybridized carbons (Fsp3) is 0.562. The summed E-state index contributed by atoms with van der Waals surface area (Å²) in [5.41, 5.74) is 0.585. The Kier molecular flexibility index (Phi) is 4.92. The molecule has 0 heterocycles. The average molecular weight is 299 g/mol. The van der Waals surface area contributed by atoms with Gasteiger partial charge in [0.2, 0.25) is 0 Å². The Bertz CT molecular complexity index is 460. The predicted molar refractivity (Wildman–Crippen MR) is 81.1 cm³/mol. The zero-order valence-electron chi connectivity index (χ0n) is 11.5. The molecule has 0 atom stereocenters. The molecule has 1 aromatic rings. The van der Waals surface area contributed by atoms with Crippen molar-refractivity contribution in [2.75, 3.05) is 0 Å². The van der Waals surface area contributed by atoms with Crippen molar-refractivity contribution in [2.24, 2.45) is 17.8 Å². The molecule has 1 aliphatic carbocycles. The molecular weight excluding hydrogens is 279 g/mol. The molecule has 2 rings (SSSR count). The van der Waals surface area contributed by atoms with Gasteiger partial charge in [-0.05, 0) is 55.7 Å². The van der Waals surface area contributed by atoms with E-state index in [2.05, 4.69) is 13.8 Å². The lowest BCUT2D eigenvalue weighted by Crippen LogP contribution is -2.24. The lowest BCUT2D eigenvalue weighted by molar-refractivity contribution is 0.0859. The highest BCUT2D eigenvalue weighted by Gasteiger charge is 2.29. The number of hydrogen-bond donors (Lipinski definition) is 0. The third-order valence-corrected chi connectivity index (χ3v) is 4.84. The molecule has 0 radical (unpaired) electrons. The van der Waals surface area contributed by atoms with Gasteiger partial charge in [0.1, 0.15) is 0 Å². The molecule has 0 saturated heterocycles. The van der Waals surface area contributed by atoms with Crippen LogP contribution in [0.2, 0.25) is 10.0 Å². The fourth-order valence-electron chi connectivity index (χ4n) is 2.95. The molecule has 3 heteroatoms. The predicted octanol–water partition coefficient (Wildman–Crippen LogP) is 5.64. The number of rotatable bonds is 3. The van der Waals surface area contributed by atoms with Crippen molar-refractivity contribution in [1.29, 1.82) is 0 Å². The Morgan fingerprint density at radius 3 is 2.37 bits per heavy atom. The number of Topliss-reactive ketones (excluding diaryl/α,β-unsaturated/α-hetero) is 1. The van der Waals surface area contributed by atoms with Crippen LogP contribution < -0.4 is 0 Å². The Hall–Kier alpha value is -0.530. The molecule has 1 aromatic carbocycles. The molecule has 0 unspecified atom stereocenters. The maximum atomic E-state index is 12.5. The van der Waals surface area contributed by atoms with Gasteiger partial charge >= 0.3 is 0 Å². The summed E-state index contributed by atoms with van der Waals surface area (Å²) in [5, 5.41) is 1.09. The van der Waals surface area contributed by atoms with Crippen LogP contribution in [0.25, 0.3) is 0 Å². The van der Waals surface area contributed by atoms with Crippen LogP contribution in [0.4, 0.5) is 0 Å². The zero-order chi connectivity index (χ0) is 14.0. The van der Waals surface area contributed by atoms with Gasteiger partial charge in [-0.1, -0.05) is 37.0 Å². The number of carbonyl (C=O) groups excluding carboxylic acids is 1. The highest BCUT2D eigenvalue weighted by atomic mass is 35.5. The Morgan fingerprint density at radius 1 is 1.16 bits per heavy atom. The van der Waals surface area contributed by atoms with E-state index >= 15 is 0 Å². The molecule has 1 aliphatic rings. The summed E-state index contributed by atoms with van der Waals surface area (Å²) >= 11 is 12.1. The van der Waals surface area contributed by atoms with Gasteiger partial charge in [-0.15, -0.1) is 0 Å². The zero-order valence-corrected chi connectivity index (χ0v) is 13.0. The van der Waals surface area contributed by atoms with Crippen LogP contribution in [0.5, 0.6) is 0 Å². The molecule has 19 heavy (non-hydrogen) atoms. The summed E-state index contributed by atoms with van der Waals surface area (Å²) in [6.45, 7) is 4.53. The topological polar surface area (TPSA) is 17.1 Å². The number of carbonyl (C=O) groups is 1. The quantitative estimate of drug-likeness (QED) is 0.660. The molecule has 0 N–H and O–H groups in total. The minimum atomic E-state index is 0.117. The van der Waals surface area contributed by atoms with Crippen molar-refractivity contribution in [3.8, 4) is 0 Å². The first-order valence-electron chi connectivity index (χ1n) is 6.98. The molecule has 1 nitrogen and oxygen atoms in total. The summed E-state index contributed by atoms with van der Waals surface area (Å²) in [4.78, 5) is 12.5. The van der Waals surface area contributed by atoms with Crippen LogP contribution >= 0.6 is 23.2 Å². The van der Waals surface area contributed by atoms with E-state index < -0.39 is 0 Å². The Balaban J connectivity index is 2.07. The smallest absolute Gasteiger partial charge is 0.167 e. The van der Waals surface area contributed by atoms with Crippen molar-refractivity contribution in [3.05, 3.63) is 33.8 Å². The minimum Gasteiger partial charge on any atom is -0.294 e. The van der Waals surface area contributed by atoms with E-state index in [0.717, 1.165) is 31.6 Å². The van der Waals surface area contributed by atoms with E-state index in [-0.39, 0.29) is 11.7 Å². The molecule has 0 amide bonds. The molecule has 104 valence electrons. The fourth-order valence-corrected chi connectivity index (χ4v) is 3.34. The minimum absolute atomic E-state index is 0.117. The third kappa shape index (κ3) is 3.52. The molecule has 1 saturated carbocycles. The van der Waals surface area contributed by atoms with E-state index in [4.69, 9.17) is 23.2 Å². The summed E-state index contributed by atoms with van der Waals surface area (Å²) < 4.78 is 0. The number of ketones is 1. The van der Waals surface area contributed by atoms with Gasteiger partial charge in [0.15, 0.2) is 5.78 Å². The molecular formula is C16H20Cl2O. The first-order chi connectivity index (χ1) is 8.99. The molecule has 1 fully saturated rings. The summed E-state index contributed by atoms with van der Waals surface area (Å²) in [5.74, 6) is 1.75. The maximum absolute atomic E-state index is 12.5. The summed E-state index contributed by atoms with van der Waals surface area (Å²) in [7, 11) is 0. The van der Waals surface area contributed by atoms with E-state index in [1.807, 2.05) is 0 Å². The maximum Gasteiger partial charge on any atom is 0.167 e. The lowest BCUT2D eigenvalue weighted by Gasteiger charge is -2.30. The van der Waals surface area contributed by atoms with Crippen LogP contribution in [0, 0.1) is 17.8 Å². The van der Waals surface area contributed by atoms with Gasteiger partial charge in [-0.2, -0.15) is 0 Å². The van der Waals surface area contributed by atoms with E-state index in [9.17, 15) is 4.79 Å². The van der Waals surface area contributed by atoms with Gasteiger partial charge in [-0.3, -0.25) is 4.79 Å². The Morgan fingerprint density at radius 2 is 1.79 bits per heavy atom. The monoisotopic (exact) mass is 298 g/mol. The van der Waals surface area contributed by atoms with E-state index in [1.54, 1.807) is 18.2 Å². The second-order valence-electron chi connectivity index (χ2n) is 5.84. The largest absolute Gasteiger partial charge is 0.294 e. The van der Waals surface area contributed by atoms with Crippen LogP contribution in [0.1, 0.15) is 49.9 Å². The van der Waals surface area contributed by atoms with Crippen molar-refractivity contribution in [3.63, 3.8) is 0 Å². The first kappa shape index (κ1) is 14.9. The molecule has 0 bridgehead atoms. The van der Waals surface area contributed by atoms with Gasteiger partial charge in [-0.25, -0.2) is 0 Å². The normalized spacial score (nSPS) is 23.6. The highest BCUT2D eigenvalue weighted by Crippen LogP contribution is 2.36. The third-order valence-electron chi connectivity index (χ3n) is 4.28. The van der Waals surface area contributed by atoms with Gasteiger partial charge in [0, 0.05) is 16.5 Å². The summed E-state index contributed by atoms with van der Waals surface area (Å²) in [6, 6.07) is 5.12. The molecule has 0 aliphatic heterocycles. The lowest BCUT2D eigenvalue weighted by atomic mass is 9.75. The van der Waals surface area contributed by atoms with Gasteiger partial charge in [0.25, 0.3) is 0 Å². The van der Waals surface area contributed by atoms with Crippen LogP contribution in [0.3, 0.4) is 0 Å². The van der Waals surface area contributed by atoms with Crippen LogP contribution in [-0.2, 0) is 0 Å². The van der Waals surface area contributed by atoms with Crippen molar-refractivity contribution >= 4 is 29.0 Å². The number of hydrogen-bond acceptors (Lipinski definition) is 1. The van der Waals surface area contributed by atoms with Crippen LogP contribution in [0.15, 0.2) is 18.2 Å². The SMILES string of the molecule is CC(C)C1CCC(C(=O)c2cc(Cl)ccc2Cl)CC1. The van der Waals surface area contributed by atoms with Gasteiger partial charge < -0.3 is 0 Å². The van der Waals surface area contributed by atoms with Crippen molar-refractivity contribution in [2.45, 2.75) is 39.5 Å². The first-order valence-corrected chi connectivity index (χ1v) is 7.74. The van der Waals surface area contributed by atoms with Crippen molar-refractivity contribution < 1.29 is 4.79 Å². The number of halogens is 2. The highest BCUT2D eigenvalue weighted by molar-refractivity contribution is 6.36. The second kappa shape index (κ2) is 6.28. The van der Waals surface area contributed by atoms with Crippen LogP contribution in [-0.4, -0.2) is 5.78 Å².